The van der Waals surface area contributed by atoms with Gasteiger partial charge in [0.15, 0.2) is 9.84 Å². The highest BCUT2D eigenvalue weighted by Gasteiger charge is 2.16. The lowest BCUT2D eigenvalue weighted by Crippen LogP contribution is -2.27. The normalized spacial score (nSPS) is 11.1. The monoisotopic (exact) mass is 381 g/mol. The number of sulfone groups is 1. The van der Waals surface area contributed by atoms with E-state index in [1.54, 1.807) is 7.11 Å². The molecule has 5 nitrogen and oxygen atoms in total. The number of carbonyl (C=O) groups is 1. The Kier molecular flexibility index (Phi) is 6.84. The van der Waals surface area contributed by atoms with Gasteiger partial charge >= 0.3 is 0 Å². The van der Waals surface area contributed by atoms with Crippen LogP contribution < -0.4 is 10.1 Å². The van der Waals surface area contributed by atoms with Crippen LogP contribution in [0.1, 0.15) is 12.0 Å². The predicted octanol–water partition coefficient (Wildman–Crippen LogP) is 2.87. The van der Waals surface area contributed by atoms with E-state index >= 15 is 0 Å². The fourth-order valence-electron chi connectivity index (χ4n) is 2.21. The Morgan fingerprint density at radius 1 is 1.08 bits per heavy atom. The first-order valence-electron chi connectivity index (χ1n) is 7.79. The van der Waals surface area contributed by atoms with E-state index in [9.17, 15) is 13.2 Å². The molecular formula is C18H20ClNO4S. The average Bonchev–Trinajstić information content (AvgIpc) is 2.61. The van der Waals surface area contributed by atoms with Gasteiger partial charge in [0.05, 0.1) is 17.8 Å². The van der Waals surface area contributed by atoms with E-state index in [0.717, 1.165) is 11.3 Å². The second kappa shape index (κ2) is 8.87. The molecule has 1 N–H and O–H groups in total. The summed E-state index contributed by atoms with van der Waals surface area (Å²) in [6.07, 6.45) is 0.591. The highest BCUT2D eigenvalue weighted by Crippen LogP contribution is 2.16. The zero-order valence-electron chi connectivity index (χ0n) is 13.9. The Bertz CT molecular complexity index is 802. The van der Waals surface area contributed by atoms with Crippen molar-refractivity contribution in [2.75, 3.05) is 19.4 Å². The van der Waals surface area contributed by atoms with Crippen molar-refractivity contribution in [3.05, 3.63) is 59.1 Å². The first kappa shape index (κ1) is 19.3. The number of carbonyl (C=O) groups excluding carboxylic acids is 1. The van der Waals surface area contributed by atoms with Gasteiger partial charge in [0.1, 0.15) is 5.75 Å². The Morgan fingerprint density at radius 3 is 2.32 bits per heavy atom. The second-order valence-corrected chi connectivity index (χ2v) is 8.02. The van der Waals surface area contributed by atoms with E-state index < -0.39 is 9.84 Å². The summed E-state index contributed by atoms with van der Waals surface area (Å²) in [4.78, 5) is 12.0. The van der Waals surface area contributed by atoms with Crippen molar-refractivity contribution in [3.8, 4) is 5.75 Å². The standard InChI is InChI=1S/C18H20ClNO4S/c1-24-16-6-2-14(3-7-16)10-12-20-18(21)11-13-25(22,23)17-8-4-15(19)5-9-17/h2-9H,10-13H2,1H3,(H,20,21). The number of rotatable bonds is 8. The maximum Gasteiger partial charge on any atom is 0.221 e. The van der Waals surface area contributed by atoms with Crippen molar-refractivity contribution >= 4 is 27.3 Å². The highest BCUT2D eigenvalue weighted by molar-refractivity contribution is 7.91. The van der Waals surface area contributed by atoms with E-state index in [1.165, 1.54) is 24.3 Å². The minimum Gasteiger partial charge on any atom is -0.497 e. The molecule has 0 spiro atoms. The van der Waals surface area contributed by atoms with Crippen LogP contribution in [0, 0.1) is 0 Å². The number of hydrogen-bond donors (Lipinski definition) is 1. The second-order valence-electron chi connectivity index (χ2n) is 5.47. The van der Waals surface area contributed by atoms with Crippen LogP contribution in [0.5, 0.6) is 5.75 Å². The van der Waals surface area contributed by atoms with Crippen LogP contribution in [-0.4, -0.2) is 33.7 Å². The molecule has 0 bridgehead atoms. The molecule has 7 heteroatoms. The maximum atomic E-state index is 12.2. The lowest BCUT2D eigenvalue weighted by molar-refractivity contribution is -0.120. The van der Waals surface area contributed by atoms with Crippen LogP contribution in [0.15, 0.2) is 53.4 Å². The summed E-state index contributed by atoms with van der Waals surface area (Å²) < 4.78 is 29.4. The predicted molar refractivity (Wildman–Crippen MR) is 97.8 cm³/mol. The fourth-order valence-corrected chi connectivity index (χ4v) is 3.58. The van der Waals surface area contributed by atoms with Gasteiger partial charge < -0.3 is 10.1 Å². The van der Waals surface area contributed by atoms with Crippen molar-refractivity contribution in [3.63, 3.8) is 0 Å². The fraction of sp³-hybridized carbons (Fsp3) is 0.278. The summed E-state index contributed by atoms with van der Waals surface area (Å²) in [5.74, 6) is 0.259. The van der Waals surface area contributed by atoms with Crippen molar-refractivity contribution < 1.29 is 17.9 Å². The van der Waals surface area contributed by atoms with Gasteiger partial charge in [0.2, 0.25) is 5.91 Å². The molecule has 1 amide bonds. The number of amides is 1. The van der Waals surface area contributed by atoms with E-state index in [0.29, 0.717) is 18.0 Å². The molecule has 0 saturated carbocycles. The van der Waals surface area contributed by atoms with Gasteiger partial charge in [-0.2, -0.15) is 0 Å². The van der Waals surface area contributed by atoms with Crippen LogP contribution in [0.4, 0.5) is 0 Å². The molecule has 0 aliphatic heterocycles. The molecule has 0 saturated heterocycles. The van der Waals surface area contributed by atoms with Gasteiger partial charge in [0.25, 0.3) is 0 Å². The van der Waals surface area contributed by atoms with E-state index in [2.05, 4.69) is 5.32 Å². The van der Waals surface area contributed by atoms with Gasteiger partial charge in [-0.3, -0.25) is 4.79 Å². The van der Waals surface area contributed by atoms with Gasteiger partial charge in [-0.15, -0.1) is 0 Å². The molecule has 0 heterocycles. The largest absolute Gasteiger partial charge is 0.497 e. The summed E-state index contributed by atoms with van der Waals surface area (Å²) >= 11 is 5.75. The first-order valence-corrected chi connectivity index (χ1v) is 9.82. The molecule has 0 aromatic heterocycles. The number of hydrogen-bond acceptors (Lipinski definition) is 4. The lowest BCUT2D eigenvalue weighted by atomic mass is 10.1. The molecule has 0 aliphatic carbocycles. The molecule has 2 rings (SSSR count). The van der Waals surface area contributed by atoms with Crippen LogP contribution in [0.2, 0.25) is 5.02 Å². The average molecular weight is 382 g/mol. The quantitative estimate of drug-likeness (QED) is 0.763. The van der Waals surface area contributed by atoms with Crippen molar-refractivity contribution in [2.45, 2.75) is 17.7 Å². The summed E-state index contributed by atoms with van der Waals surface area (Å²) in [5, 5.41) is 3.20. The number of methoxy groups -OCH3 is 1. The highest BCUT2D eigenvalue weighted by atomic mass is 35.5. The van der Waals surface area contributed by atoms with Crippen LogP contribution in [0.25, 0.3) is 0 Å². The number of nitrogens with one attached hydrogen (secondary N) is 1. The number of halogens is 1. The van der Waals surface area contributed by atoms with Crippen LogP contribution >= 0.6 is 11.6 Å². The third kappa shape index (κ3) is 6.07. The summed E-state index contributed by atoms with van der Waals surface area (Å²) in [6, 6.07) is 13.5. The minimum atomic E-state index is -3.49. The molecule has 0 unspecified atom stereocenters. The zero-order valence-corrected chi connectivity index (χ0v) is 15.4. The van der Waals surface area contributed by atoms with Crippen molar-refractivity contribution in [2.24, 2.45) is 0 Å². The van der Waals surface area contributed by atoms with E-state index in [-0.39, 0.29) is 23.0 Å². The maximum absolute atomic E-state index is 12.2. The molecule has 0 radical (unpaired) electrons. The van der Waals surface area contributed by atoms with Gasteiger partial charge in [0, 0.05) is 18.0 Å². The SMILES string of the molecule is COc1ccc(CCNC(=O)CCS(=O)(=O)c2ccc(Cl)cc2)cc1. The Balaban J connectivity index is 1.77. The van der Waals surface area contributed by atoms with Crippen molar-refractivity contribution in [1.82, 2.24) is 5.32 Å². The summed E-state index contributed by atoms with van der Waals surface area (Å²) in [7, 11) is -1.89. The molecule has 0 aliphatic rings. The molecule has 134 valence electrons. The minimum absolute atomic E-state index is 0.0758. The molecule has 2 aromatic rings. The third-order valence-corrected chi connectivity index (χ3v) is 5.65. The zero-order chi connectivity index (χ0) is 18.3. The van der Waals surface area contributed by atoms with Crippen LogP contribution in [-0.2, 0) is 21.1 Å². The van der Waals surface area contributed by atoms with Crippen molar-refractivity contribution in [1.29, 1.82) is 0 Å². The Hall–Kier alpha value is -2.05. The molecule has 25 heavy (non-hydrogen) atoms. The molecule has 2 aromatic carbocycles. The molecule has 0 atom stereocenters. The summed E-state index contributed by atoms with van der Waals surface area (Å²) in [6.45, 7) is 0.451. The smallest absolute Gasteiger partial charge is 0.221 e. The third-order valence-electron chi connectivity index (χ3n) is 3.67. The Morgan fingerprint density at radius 2 is 1.72 bits per heavy atom. The number of benzene rings is 2. The Labute approximate surface area is 152 Å². The first-order chi connectivity index (χ1) is 11.9. The van der Waals surface area contributed by atoms with Crippen LogP contribution in [0.3, 0.4) is 0 Å². The summed E-state index contributed by atoms with van der Waals surface area (Å²) in [5.41, 5.74) is 1.06. The van der Waals surface area contributed by atoms with Gasteiger partial charge in [-0.1, -0.05) is 23.7 Å². The number of ether oxygens (including phenoxy) is 1. The van der Waals surface area contributed by atoms with Gasteiger partial charge in [-0.25, -0.2) is 8.42 Å². The van der Waals surface area contributed by atoms with E-state index in [4.69, 9.17) is 16.3 Å². The molecule has 0 fully saturated rings. The molecular weight excluding hydrogens is 362 g/mol. The lowest BCUT2D eigenvalue weighted by Gasteiger charge is -2.07. The van der Waals surface area contributed by atoms with E-state index in [1.807, 2.05) is 24.3 Å². The van der Waals surface area contributed by atoms with Gasteiger partial charge in [-0.05, 0) is 48.4 Å². The topological polar surface area (TPSA) is 72.5 Å².